The first-order chi connectivity index (χ1) is 9.79. The van der Waals surface area contributed by atoms with Crippen molar-refractivity contribution in [1.82, 2.24) is 9.97 Å². The topological polar surface area (TPSA) is 49.2 Å². The van der Waals surface area contributed by atoms with Gasteiger partial charge >= 0.3 is 0 Å². The smallest absolute Gasteiger partial charge is 0.224 e. The minimum absolute atomic E-state index is 0.117. The van der Waals surface area contributed by atoms with Crippen LogP contribution in [0.5, 0.6) is 0 Å². The van der Waals surface area contributed by atoms with Crippen LogP contribution in [0.15, 0.2) is 24.3 Å². The largest absolute Gasteiger partial charge is 0.394 e. The highest BCUT2D eigenvalue weighted by Gasteiger charge is 2.23. The van der Waals surface area contributed by atoms with E-state index in [1.807, 2.05) is 24.3 Å². The van der Waals surface area contributed by atoms with E-state index in [1.165, 1.54) is 6.42 Å². The molecule has 3 rings (SSSR count). The molecule has 2 heterocycles. The van der Waals surface area contributed by atoms with Crippen LogP contribution < -0.4 is 4.90 Å². The van der Waals surface area contributed by atoms with Crippen LogP contribution in [-0.2, 0) is 0 Å². The average Bonchev–Trinajstić information content (AvgIpc) is 2.71. The van der Waals surface area contributed by atoms with E-state index in [0.717, 1.165) is 42.5 Å². The predicted molar refractivity (Wildman–Crippen MR) is 81.2 cm³/mol. The molecular formula is C15H18ClN3O. The summed E-state index contributed by atoms with van der Waals surface area (Å²) in [5.74, 6) is 0.849. The van der Waals surface area contributed by atoms with Crippen LogP contribution in [0.1, 0.15) is 25.7 Å². The van der Waals surface area contributed by atoms with Crippen molar-refractivity contribution in [2.24, 2.45) is 0 Å². The molecule has 1 unspecified atom stereocenters. The van der Waals surface area contributed by atoms with Crippen LogP contribution in [0.3, 0.4) is 0 Å². The van der Waals surface area contributed by atoms with Crippen molar-refractivity contribution in [3.05, 3.63) is 29.5 Å². The summed E-state index contributed by atoms with van der Waals surface area (Å²) in [6.45, 7) is 1.05. The predicted octanol–water partition coefficient (Wildman–Crippen LogP) is 3.02. The molecular weight excluding hydrogens is 274 g/mol. The summed E-state index contributed by atoms with van der Waals surface area (Å²) in [6, 6.07) is 8.00. The molecule has 4 nitrogen and oxygen atoms in total. The number of aromatic nitrogens is 2. The third-order valence-electron chi connectivity index (χ3n) is 3.92. The van der Waals surface area contributed by atoms with E-state index in [9.17, 15) is 5.11 Å². The van der Waals surface area contributed by atoms with Crippen molar-refractivity contribution in [2.45, 2.75) is 31.7 Å². The molecule has 1 aliphatic rings. The van der Waals surface area contributed by atoms with Crippen LogP contribution in [-0.4, -0.2) is 34.3 Å². The number of aliphatic hydroxyl groups is 1. The molecule has 0 amide bonds. The molecule has 0 spiro atoms. The van der Waals surface area contributed by atoms with Gasteiger partial charge in [-0.15, -0.1) is 0 Å². The summed E-state index contributed by atoms with van der Waals surface area (Å²) in [5, 5.41) is 10.9. The second-order valence-electron chi connectivity index (χ2n) is 5.21. The lowest BCUT2D eigenvalue weighted by Gasteiger charge is -2.30. The molecule has 0 saturated carbocycles. The molecule has 1 saturated heterocycles. The Kier molecular flexibility index (Phi) is 4.03. The van der Waals surface area contributed by atoms with E-state index in [-0.39, 0.29) is 17.9 Å². The summed E-state index contributed by atoms with van der Waals surface area (Å²) in [5.41, 5.74) is 0.850. The lowest BCUT2D eigenvalue weighted by atomic mass is 10.1. The van der Waals surface area contributed by atoms with E-state index >= 15 is 0 Å². The van der Waals surface area contributed by atoms with Crippen molar-refractivity contribution < 1.29 is 5.11 Å². The Balaban J connectivity index is 2.11. The number of halogens is 1. The van der Waals surface area contributed by atoms with E-state index in [1.54, 1.807) is 0 Å². The molecule has 106 valence electrons. The van der Waals surface area contributed by atoms with Gasteiger partial charge in [0, 0.05) is 11.9 Å². The van der Waals surface area contributed by atoms with Crippen molar-refractivity contribution in [1.29, 1.82) is 0 Å². The highest BCUT2D eigenvalue weighted by atomic mass is 35.5. The number of hydrogen-bond donors (Lipinski definition) is 1. The number of aliphatic hydroxyl groups excluding tert-OH is 1. The van der Waals surface area contributed by atoms with Crippen LogP contribution in [0.2, 0.25) is 5.28 Å². The lowest BCUT2D eigenvalue weighted by molar-refractivity contribution is 0.254. The first kappa shape index (κ1) is 13.6. The average molecular weight is 292 g/mol. The Labute approximate surface area is 123 Å². The molecule has 0 aliphatic carbocycles. The van der Waals surface area contributed by atoms with Gasteiger partial charge in [-0.2, -0.15) is 4.98 Å². The zero-order valence-corrected chi connectivity index (χ0v) is 12.1. The molecule has 1 aromatic heterocycles. The van der Waals surface area contributed by atoms with Crippen molar-refractivity contribution in [3.63, 3.8) is 0 Å². The molecule has 1 atom stereocenters. The molecule has 0 bridgehead atoms. The number of anilines is 1. The zero-order valence-electron chi connectivity index (χ0n) is 11.3. The highest BCUT2D eigenvalue weighted by molar-refractivity contribution is 6.28. The van der Waals surface area contributed by atoms with Crippen molar-refractivity contribution in [2.75, 3.05) is 18.1 Å². The van der Waals surface area contributed by atoms with Gasteiger partial charge in [-0.25, -0.2) is 4.98 Å². The number of fused-ring (bicyclic) bond motifs is 1. The molecule has 0 radical (unpaired) electrons. The Morgan fingerprint density at radius 1 is 1.20 bits per heavy atom. The number of nitrogens with zero attached hydrogens (tertiary/aromatic N) is 3. The fourth-order valence-corrected chi connectivity index (χ4v) is 3.07. The molecule has 5 heteroatoms. The van der Waals surface area contributed by atoms with Crippen LogP contribution in [0.25, 0.3) is 10.9 Å². The molecule has 1 N–H and O–H groups in total. The lowest BCUT2D eigenvalue weighted by Crippen LogP contribution is -2.38. The fourth-order valence-electron chi connectivity index (χ4n) is 2.90. The maximum atomic E-state index is 9.67. The minimum Gasteiger partial charge on any atom is -0.394 e. The van der Waals surface area contributed by atoms with Crippen LogP contribution in [0, 0.1) is 0 Å². The number of hydrogen-bond acceptors (Lipinski definition) is 4. The van der Waals surface area contributed by atoms with E-state index in [0.29, 0.717) is 0 Å². The maximum absolute atomic E-state index is 9.67. The zero-order chi connectivity index (χ0) is 13.9. The summed E-state index contributed by atoms with van der Waals surface area (Å²) in [4.78, 5) is 10.9. The Morgan fingerprint density at radius 2 is 2.05 bits per heavy atom. The van der Waals surface area contributed by atoms with Gasteiger partial charge in [0.25, 0.3) is 0 Å². The van der Waals surface area contributed by atoms with Crippen LogP contribution in [0.4, 0.5) is 5.82 Å². The summed E-state index contributed by atoms with van der Waals surface area (Å²) < 4.78 is 0. The normalized spacial score (nSPS) is 20.1. The standard InChI is InChI=1S/C15H18ClN3O/c16-15-17-13-8-4-3-7-12(13)14(18-15)19-9-5-1-2-6-11(19)10-20/h3-4,7-8,11,20H,1-2,5-6,9-10H2. The summed E-state index contributed by atoms with van der Waals surface area (Å²) in [6.07, 6.45) is 4.46. The molecule has 1 aliphatic heterocycles. The quantitative estimate of drug-likeness (QED) is 0.864. The summed E-state index contributed by atoms with van der Waals surface area (Å²) in [7, 11) is 0. The Bertz CT molecular complexity index is 605. The fraction of sp³-hybridized carbons (Fsp3) is 0.467. The molecule has 1 aromatic carbocycles. The SMILES string of the molecule is OCC1CCCCCN1c1nc(Cl)nc2ccccc12. The van der Waals surface area contributed by atoms with Gasteiger partial charge in [-0.3, -0.25) is 0 Å². The van der Waals surface area contributed by atoms with E-state index < -0.39 is 0 Å². The van der Waals surface area contributed by atoms with Gasteiger partial charge in [0.15, 0.2) is 0 Å². The third-order valence-corrected chi connectivity index (χ3v) is 4.08. The number of benzene rings is 1. The number of rotatable bonds is 2. The molecule has 2 aromatic rings. The minimum atomic E-state index is 0.117. The maximum Gasteiger partial charge on any atom is 0.224 e. The molecule has 20 heavy (non-hydrogen) atoms. The van der Waals surface area contributed by atoms with E-state index in [4.69, 9.17) is 11.6 Å². The summed E-state index contributed by atoms with van der Waals surface area (Å²) >= 11 is 6.06. The van der Waals surface area contributed by atoms with Gasteiger partial charge in [-0.1, -0.05) is 25.0 Å². The Hall–Kier alpha value is -1.39. The first-order valence-corrected chi connectivity index (χ1v) is 7.47. The van der Waals surface area contributed by atoms with Gasteiger partial charge in [0.05, 0.1) is 18.2 Å². The van der Waals surface area contributed by atoms with Crippen molar-refractivity contribution in [3.8, 4) is 0 Å². The van der Waals surface area contributed by atoms with Gasteiger partial charge in [0.1, 0.15) is 5.82 Å². The third kappa shape index (κ3) is 2.58. The van der Waals surface area contributed by atoms with Crippen molar-refractivity contribution >= 4 is 28.3 Å². The second kappa shape index (κ2) is 5.94. The van der Waals surface area contributed by atoms with Crippen LogP contribution >= 0.6 is 11.6 Å². The van der Waals surface area contributed by atoms with Gasteiger partial charge < -0.3 is 10.0 Å². The van der Waals surface area contributed by atoms with Gasteiger partial charge in [-0.05, 0) is 36.6 Å². The second-order valence-corrected chi connectivity index (χ2v) is 5.55. The highest BCUT2D eigenvalue weighted by Crippen LogP contribution is 2.29. The number of para-hydroxylation sites is 1. The Morgan fingerprint density at radius 3 is 2.90 bits per heavy atom. The first-order valence-electron chi connectivity index (χ1n) is 7.09. The molecule has 1 fully saturated rings. The monoisotopic (exact) mass is 291 g/mol. The van der Waals surface area contributed by atoms with Gasteiger partial charge in [0.2, 0.25) is 5.28 Å². The van der Waals surface area contributed by atoms with E-state index in [2.05, 4.69) is 14.9 Å².